The number of thiazole rings is 1. The molecule has 0 aliphatic carbocycles. The molecule has 23 heavy (non-hydrogen) atoms. The first-order valence-electron chi connectivity index (χ1n) is 6.91. The van der Waals surface area contributed by atoms with Crippen LogP contribution in [0.4, 0.5) is 5.69 Å². The number of nitro groups is 1. The van der Waals surface area contributed by atoms with E-state index in [4.69, 9.17) is 0 Å². The Morgan fingerprint density at radius 1 is 1.43 bits per heavy atom. The highest BCUT2D eigenvalue weighted by Crippen LogP contribution is 2.33. The van der Waals surface area contributed by atoms with E-state index in [1.165, 1.54) is 28.4 Å². The van der Waals surface area contributed by atoms with Gasteiger partial charge in [-0.1, -0.05) is 6.07 Å². The third-order valence-corrected chi connectivity index (χ3v) is 4.91. The molecule has 0 radical (unpaired) electrons. The quantitative estimate of drug-likeness (QED) is 0.683. The van der Waals surface area contributed by atoms with Gasteiger partial charge in [-0.25, -0.2) is 4.98 Å². The van der Waals surface area contributed by atoms with Crippen LogP contribution in [0, 0.1) is 24.0 Å². The van der Waals surface area contributed by atoms with Gasteiger partial charge in [0.2, 0.25) is 5.75 Å². The number of aryl methyl sites for hydroxylation is 2. The second-order valence-corrected chi connectivity index (χ2v) is 6.44. The number of para-hydroxylation sites is 1. The maximum Gasteiger partial charge on any atom is 0.311 e. The predicted octanol–water partition coefficient (Wildman–Crippen LogP) is 3.21. The van der Waals surface area contributed by atoms with Crippen molar-refractivity contribution >= 4 is 22.9 Å². The minimum atomic E-state index is -0.716. The highest BCUT2D eigenvalue weighted by molar-refractivity contribution is 7.11. The minimum absolute atomic E-state index is 0.0903. The Balaban J connectivity index is 2.35. The number of nitro benzene ring substituents is 1. The largest absolute Gasteiger partial charge is 0.502 e. The summed E-state index contributed by atoms with van der Waals surface area (Å²) in [5.41, 5.74) is 0.275. The van der Waals surface area contributed by atoms with Gasteiger partial charge in [0, 0.05) is 18.0 Å². The van der Waals surface area contributed by atoms with Gasteiger partial charge in [-0.3, -0.25) is 14.9 Å². The highest BCUT2D eigenvalue weighted by Gasteiger charge is 2.27. The van der Waals surface area contributed by atoms with E-state index in [9.17, 15) is 20.0 Å². The molecule has 2 aromatic rings. The number of nitrogens with zero attached hydrogens (tertiary/aromatic N) is 3. The molecule has 0 fully saturated rings. The lowest BCUT2D eigenvalue weighted by molar-refractivity contribution is -0.385. The van der Waals surface area contributed by atoms with E-state index >= 15 is 0 Å². The molecule has 0 aliphatic heterocycles. The van der Waals surface area contributed by atoms with Gasteiger partial charge in [-0.15, -0.1) is 11.3 Å². The second-order valence-electron chi connectivity index (χ2n) is 5.20. The molecule has 1 amide bonds. The summed E-state index contributed by atoms with van der Waals surface area (Å²) in [6.07, 6.45) is 0. The number of hydrogen-bond acceptors (Lipinski definition) is 6. The normalized spacial score (nSPS) is 12.0. The number of carbonyl (C=O) groups is 1. The maximum absolute atomic E-state index is 12.6. The summed E-state index contributed by atoms with van der Waals surface area (Å²) in [6, 6.07) is 3.66. The number of phenolic OH excluding ortho intramolecular Hbond substituents is 1. The van der Waals surface area contributed by atoms with E-state index in [1.807, 2.05) is 20.8 Å². The van der Waals surface area contributed by atoms with E-state index in [2.05, 4.69) is 4.98 Å². The number of benzene rings is 1. The monoisotopic (exact) mass is 335 g/mol. The molecule has 1 aromatic carbocycles. The molecule has 1 atom stereocenters. The molecule has 8 heteroatoms. The molecule has 7 nitrogen and oxygen atoms in total. The average molecular weight is 335 g/mol. The van der Waals surface area contributed by atoms with E-state index in [-0.39, 0.29) is 11.6 Å². The highest BCUT2D eigenvalue weighted by atomic mass is 32.1. The van der Waals surface area contributed by atoms with Crippen LogP contribution in [-0.4, -0.2) is 32.9 Å². The van der Waals surface area contributed by atoms with Crippen LogP contribution < -0.4 is 0 Å². The summed E-state index contributed by atoms with van der Waals surface area (Å²) in [5, 5.41) is 21.8. The predicted molar refractivity (Wildman–Crippen MR) is 86.9 cm³/mol. The zero-order valence-corrected chi connectivity index (χ0v) is 14.0. The van der Waals surface area contributed by atoms with Gasteiger partial charge in [0.25, 0.3) is 5.91 Å². The summed E-state index contributed by atoms with van der Waals surface area (Å²) in [4.78, 5) is 29.5. The zero-order chi connectivity index (χ0) is 17.3. The minimum Gasteiger partial charge on any atom is -0.502 e. The van der Waals surface area contributed by atoms with Gasteiger partial charge < -0.3 is 10.0 Å². The van der Waals surface area contributed by atoms with Crippen LogP contribution in [0.2, 0.25) is 0 Å². The molecule has 0 spiro atoms. The Bertz CT molecular complexity index is 772. The first-order chi connectivity index (χ1) is 10.7. The van der Waals surface area contributed by atoms with Crippen LogP contribution >= 0.6 is 11.3 Å². The standard InChI is InChI=1S/C15H17N3O4S/c1-8-14(23-10(3)16-8)9(2)17(4)15(20)11-6-5-7-12(13(11)19)18(21)22/h5-7,9,19H,1-4H3/t9-/m1/s1. The van der Waals surface area contributed by atoms with Gasteiger partial charge in [0.15, 0.2) is 0 Å². The van der Waals surface area contributed by atoms with Crippen LogP contribution in [0.3, 0.4) is 0 Å². The lowest BCUT2D eigenvalue weighted by Crippen LogP contribution is -2.29. The number of carbonyl (C=O) groups excluding carboxylic acids is 1. The molecule has 0 bridgehead atoms. The van der Waals surface area contributed by atoms with E-state index < -0.39 is 22.3 Å². The average Bonchev–Trinajstić information content (AvgIpc) is 2.83. The van der Waals surface area contributed by atoms with E-state index in [0.29, 0.717) is 0 Å². The topological polar surface area (TPSA) is 96.6 Å². The fourth-order valence-electron chi connectivity index (χ4n) is 2.33. The Kier molecular flexibility index (Phi) is 4.65. The van der Waals surface area contributed by atoms with Crippen molar-refractivity contribution in [2.45, 2.75) is 26.8 Å². The third-order valence-electron chi connectivity index (χ3n) is 3.66. The van der Waals surface area contributed by atoms with Crippen LogP contribution in [0.15, 0.2) is 18.2 Å². The van der Waals surface area contributed by atoms with Crippen molar-refractivity contribution in [3.8, 4) is 5.75 Å². The maximum atomic E-state index is 12.6. The number of phenols is 1. The molecule has 0 unspecified atom stereocenters. The SMILES string of the molecule is Cc1nc(C)c([C@@H](C)N(C)C(=O)c2cccc([N+](=O)[O-])c2O)s1. The van der Waals surface area contributed by atoms with Crippen LogP contribution in [0.1, 0.15) is 38.9 Å². The number of aromatic hydroxyl groups is 1. The first kappa shape index (κ1) is 16.9. The molecular formula is C15H17N3O4S. The molecule has 1 N–H and O–H groups in total. The summed E-state index contributed by atoms with van der Waals surface area (Å²) in [7, 11) is 1.60. The second kappa shape index (κ2) is 6.33. The van der Waals surface area contributed by atoms with Crippen molar-refractivity contribution in [3.05, 3.63) is 49.5 Å². The molecule has 0 saturated carbocycles. The van der Waals surface area contributed by atoms with Crippen molar-refractivity contribution in [2.75, 3.05) is 7.05 Å². The van der Waals surface area contributed by atoms with Gasteiger partial charge in [0.05, 0.1) is 27.2 Å². The van der Waals surface area contributed by atoms with Crippen molar-refractivity contribution in [1.29, 1.82) is 0 Å². The Hall–Kier alpha value is -2.48. The number of aromatic nitrogens is 1. The van der Waals surface area contributed by atoms with Crippen molar-refractivity contribution in [3.63, 3.8) is 0 Å². The molecule has 1 aromatic heterocycles. The summed E-state index contributed by atoms with van der Waals surface area (Å²) >= 11 is 1.50. The lowest BCUT2D eigenvalue weighted by atomic mass is 10.1. The number of amides is 1. The number of rotatable bonds is 4. The van der Waals surface area contributed by atoms with Crippen LogP contribution in [-0.2, 0) is 0 Å². The zero-order valence-electron chi connectivity index (χ0n) is 13.2. The van der Waals surface area contributed by atoms with Crippen molar-refractivity contribution in [2.24, 2.45) is 0 Å². The Morgan fingerprint density at radius 2 is 2.09 bits per heavy atom. The van der Waals surface area contributed by atoms with Gasteiger partial charge >= 0.3 is 5.69 Å². The fourth-order valence-corrected chi connectivity index (χ4v) is 3.35. The Morgan fingerprint density at radius 3 is 2.61 bits per heavy atom. The molecule has 1 heterocycles. The number of hydrogen-bond donors (Lipinski definition) is 1. The smallest absolute Gasteiger partial charge is 0.311 e. The molecule has 122 valence electrons. The van der Waals surface area contributed by atoms with Gasteiger partial charge in [-0.05, 0) is 26.8 Å². The molecule has 0 saturated heterocycles. The third kappa shape index (κ3) is 3.16. The Labute approximate surface area is 137 Å². The summed E-state index contributed by atoms with van der Waals surface area (Å²) in [5.74, 6) is -1.09. The van der Waals surface area contributed by atoms with Crippen molar-refractivity contribution < 1.29 is 14.8 Å². The first-order valence-corrected chi connectivity index (χ1v) is 7.73. The lowest BCUT2D eigenvalue weighted by Gasteiger charge is -2.24. The van der Waals surface area contributed by atoms with Crippen molar-refractivity contribution in [1.82, 2.24) is 9.88 Å². The molecular weight excluding hydrogens is 318 g/mol. The summed E-state index contributed by atoms with van der Waals surface area (Å²) < 4.78 is 0. The fraction of sp³-hybridized carbons (Fsp3) is 0.333. The van der Waals surface area contributed by atoms with Gasteiger partial charge in [0.1, 0.15) is 0 Å². The van der Waals surface area contributed by atoms with E-state index in [1.54, 1.807) is 7.05 Å². The van der Waals surface area contributed by atoms with Crippen LogP contribution in [0.25, 0.3) is 0 Å². The van der Waals surface area contributed by atoms with Crippen LogP contribution in [0.5, 0.6) is 5.75 Å². The molecule has 0 aliphatic rings. The summed E-state index contributed by atoms with van der Waals surface area (Å²) in [6.45, 7) is 5.62. The molecule has 2 rings (SSSR count). The van der Waals surface area contributed by atoms with Gasteiger partial charge in [-0.2, -0.15) is 0 Å². The van der Waals surface area contributed by atoms with E-state index in [0.717, 1.165) is 21.6 Å².